The smallest absolute Gasteiger partial charge is 0.240 e. The minimum absolute atomic E-state index is 0.0519. The number of hydrogen-bond donors (Lipinski definition) is 2. The molecular formula is C15H26BrN2O2S+. The summed E-state index contributed by atoms with van der Waals surface area (Å²) in [6, 6.07) is 6.72. The zero-order valence-electron chi connectivity index (χ0n) is 13.0. The third-order valence-corrected chi connectivity index (χ3v) is 5.71. The zero-order valence-corrected chi connectivity index (χ0v) is 15.4. The fraction of sp³-hybridized carbons (Fsp3) is 0.600. The minimum atomic E-state index is -3.43. The van der Waals surface area contributed by atoms with E-state index in [1.807, 2.05) is 13.0 Å². The molecule has 0 saturated heterocycles. The number of nitrogens with one attached hydrogen (secondary N) is 2. The quantitative estimate of drug-likeness (QED) is 0.689. The van der Waals surface area contributed by atoms with Gasteiger partial charge in [0.25, 0.3) is 0 Å². The van der Waals surface area contributed by atoms with Crippen molar-refractivity contribution in [1.82, 2.24) is 4.72 Å². The lowest BCUT2D eigenvalue weighted by Gasteiger charge is -2.18. The molecule has 0 aliphatic rings. The summed E-state index contributed by atoms with van der Waals surface area (Å²) in [7, 11) is -3.43. The van der Waals surface area contributed by atoms with Crippen LogP contribution in [0.5, 0.6) is 0 Å². The Bertz CT molecular complexity index is 530. The van der Waals surface area contributed by atoms with Gasteiger partial charge in [-0.1, -0.05) is 22.0 Å². The molecule has 0 fully saturated rings. The van der Waals surface area contributed by atoms with Gasteiger partial charge in [0.2, 0.25) is 10.0 Å². The Morgan fingerprint density at radius 3 is 2.52 bits per heavy atom. The maximum atomic E-state index is 12.3. The van der Waals surface area contributed by atoms with Gasteiger partial charge < -0.3 is 4.90 Å². The van der Waals surface area contributed by atoms with Crippen molar-refractivity contribution >= 4 is 26.0 Å². The van der Waals surface area contributed by atoms with Crippen LogP contribution in [0.1, 0.15) is 33.6 Å². The topological polar surface area (TPSA) is 50.6 Å². The summed E-state index contributed by atoms with van der Waals surface area (Å²) >= 11 is 3.30. The highest BCUT2D eigenvalue weighted by Crippen LogP contribution is 2.16. The Labute approximate surface area is 137 Å². The van der Waals surface area contributed by atoms with Crippen LogP contribution in [0.2, 0.25) is 0 Å². The van der Waals surface area contributed by atoms with Crippen molar-refractivity contribution in [3.63, 3.8) is 0 Å². The molecule has 1 aromatic rings. The van der Waals surface area contributed by atoms with Crippen molar-refractivity contribution in [3.8, 4) is 0 Å². The summed E-state index contributed by atoms with van der Waals surface area (Å²) in [5, 5.41) is 0. The molecule has 0 aliphatic carbocycles. The molecule has 120 valence electrons. The van der Waals surface area contributed by atoms with E-state index in [4.69, 9.17) is 0 Å². The molecule has 21 heavy (non-hydrogen) atoms. The van der Waals surface area contributed by atoms with Crippen LogP contribution in [-0.2, 0) is 10.0 Å². The number of quaternary nitrogens is 1. The lowest BCUT2D eigenvalue weighted by atomic mass is 10.2. The largest absolute Gasteiger partial charge is 0.335 e. The van der Waals surface area contributed by atoms with Crippen LogP contribution in [0.15, 0.2) is 33.6 Å². The van der Waals surface area contributed by atoms with Crippen molar-refractivity contribution in [1.29, 1.82) is 0 Å². The summed E-state index contributed by atoms with van der Waals surface area (Å²) in [6.45, 7) is 9.61. The SMILES string of the molecule is CC[NH+](CC)CCC[C@H](C)NS(=O)(=O)c1cccc(Br)c1. The van der Waals surface area contributed by atoms with Crippen molar-refractivity contribution in [2.24, 2.45) is 0 Å². The molecule has 0 amide bonds. The van der Waals surface area contributed by atoms with Crippen molar-refractivity contribution in [2.45, 2.75) is 44.6 Å². The molecule has 2 N–H and O–H groups in total. The van der Waals surface area contributed by atoms with E-state index in [1.54, 1.807) is 23.1 Å². The van der Waals surface area contributed by atoms with Gasteiger partial charge in [-0.2, -0.15) is 0 Å². The van der Waals surface area contributed by atoms with E-state index < -0.39 is 10.0 Å². The Hall–Kier alpha value is -0.430. The number of hydrogen-bond acceptors (Lipinski definition) is 2. The highest BCUT2D eigenvalue weighted by Gasteiger charge is 2.17. The molecule has 6 heteroatoms. The molecule has 1 rings (SSSR count). The summed E-state index contributed by atoms with van der Waals surface area (Å²) < 4.78 is 28.1. The van der Waals surface area contributed by atoms with Gasteiger partial charge in [0, 0.05) is 10.5 Å². The molecule has 0 radical (unpaired) electrons. The van der Waals surface area contributed by atoms with Gasteiger partial charge in [0.1, 0.15) is 0 Å². The summed E-state index contributed by atoms with van der Waals surface area (Å²) in [5.74, 6) is 0. The maximum absolute atomic E-state index is 12.3. The number of benzene rings is 1. The molecule has 0 saturated carbocycles. The van der Waals surface area contributed by atoms with E-state index in [0.29, 0.717) is 4.90 Å². The lowest BCUT2D eigenvalue weighted by molar-refractivity contribution is -0.896. The second kappa shape index (κ2) is 8.88. The van der Waals surface area contributed by atoms with E-state index in [9.17, 15) is 8.42 Å². The molecule has 0 bridgehead atoms. The average molecular weight is 378 g/mol. The number of rotatable bonds is 9. The van der Waals surface area contributed by atoms with E-state index in [0.717, 1.165) is 36.9 Å². The molecule has 0 unspecified atom stereocenters. The van der Waals surface area contributed by atoms with Gasteiger partial charge in [-0.05, 0) is 51.8 Å². The van der Waals surface area contributed by atoms with Crippen LogP contribution in [0.25, 0.3) is 0 Å². The number of sulfonamides is 1. The standard InChI is InChI=1S/C15H25BrN2O2S/c1-4-18(5-2)11-7-8-13(3)17-21(19,20)15-10-6-9-14(16)12-15/h6,9-10,12-13,17H,4-5,7-8,11H2,1-3H3/p+1/t13-/m0/s1. The molecule has 4 nitrogen and oxygen atoms in total. The summed E-state index contributed by atoms with van der Waals surface area (Å²) in [4.78, 5) is 1.86. The molecule has 0 aliphatic heterocycles. The highest BCUT2D eigenvalue weighted by molar-refractivity contribution is 9.10. The van der Waals surface area contributed by atoms with Crippen molar-refractivity contribution < 1.29 is 13.3 Å². The van der Waals surface area contributed by atoms with Crippen molar-refractivity contribution in [2.75, 3.05) is 19.6 Å². The molecule has 0 spiro atoms. The van der Waals surface area contributed by atoms with Gasteiger partial charge in [-0.25, -0.2) is 13.1 Å². The van der Waals surface area contributed by atoms with Crippen LogP contribution in [-0.4, -0.2) is 34.1 Å². The molecule has 1 atom stereocenters. The predicted molar refractivity (Wildman–Crippen MR) is 90.1 cm³/mol. The van der Waals surface area contributed by atoms with Gasteiger partial charge in [0.05, 0.1) is 24.5 Å². The van der Waals surface area contributed by atoms with Gasteiger partial charge in [-0.3, -0.25) is 0 Å². The Morgan fingerprint density at radius 1 is 1.29 bits per heavy atom. The van der Waals surface area contributed by atoms with E-state index in [1.165, 1.54) is 0 Å². The highest BCUT2D eigenvalue weighted by atomic mass is 79.9. The maximum Gasteiger partial charge on any atom is 0.240 e. The van der Waals surface area contributed by atoms with Crippen LogP contribution >= 0.6 is 15.9 Å². The van der Waals surface area contributed by atoms with Crippen LogP contribution < -0.4 is 9.62 Å². The third-order valence-electron chi connectivity index (χ3n) is 3.63. The average Bonchev–Trinajstić information content (AvgIpc) is 2.43. The van der Waals surface area contributed by atoms with Crippen LogP contribution in [0, 0.1) is 0 Å². The summed E-state index contributed by atoms with van der Waals surface area (Å²) in [5.41, 5.74) is 0. The van der Waals surface area contributed by atoms with Gasteiger partial charge in [0.15, 0.2) is 0 Å². The lowest BCUT2D eigenvalue weighted by Crippen LogP contribution is -3.11. The predicted octanol–water partition coefficient (Wildman–Crippen LogP) is 1.82. The molecular weight excluding hydrogens is 352 g/mol. The fourth-order valence-electron chi connectivity index (χ4n) is 2.29. The van der Waals surface area contributed by atoms with E-state index in [2.05, 4.69) is 34.5 Å². The Kier molecular flexibility index (Phi) is 7.87. The van der Waals surface area contributed by atoms with E-state index in [-0.39, 0.29) is 6.04 Å². The van der Waals surface area contributed by atoms with E-state index >= 15 is 0 Å². The normalized spacial score (nSPS) is 13.6. The first kappa shape index (κ1) is 18.6. The minimum Gasteiger partial charge on any atom is -0.335 e. The molecule has 0 aromatic heterocycles. The van der Waals surface area contributed by atoms with Gasteiger partial charge >= 0.3 is 0 Å². The first-order valence-corrected chi connectivity index (χ1v) is 9.78. The second-order valence-corrected chi connectivity index (χ2v) is 7.96. The third kappa shape index (κ3) is 6.46. The monoisotopic (exact) mass is 377 g/mol. The Morgan fingerprint density at radius 2 is 1.95 bits per heavy atom. The first-order chi connectivity index (χ1) is 9.89. The Balaban J connectivity index is 2.52. The first-order valence-electron chi connectivity index (χ1n) is 7.50. The van der Waals surface area contributed by atoms with Crippen LogP contribution in [0.4, 0.5) is 0 Å². The van der Waals surface area contributed by atoms with Crippen molar-refractivity contribution in [3.05, 3.63) is 28.7 Å². The van der Waals surface area contributed by atoms with Crippen LogP contribution in [0.3, 0.4) is 0 Å². The zero-order chi connectivity index (χ0) is 15.9. The second-order valence-electron chi connectivity index (χ2n) is 5.33. The fourth-order valence-corrected chi connectivity index (χ4v) is 4.16. The number of halogens is 1. The molecule has 0 heterocycles. The molecule has 1 aromatic carbocycles. The van der Waals surface area contributed by atoms with Gasteiger partial charge in [-0.15, -0.1) is 0 Å². The summed E-state index contributed by atoms with van der Waals surface area (Å²) in [6.07, 6.45) is 1.88.